The van der Waals surface area contributed by atoms with E-state index in [1.807, 2.05) is 0 Å². The van der Waals surface area contributed by atoms with Crippen molar-refractivity contribution in [1.82, 2.24) is 4.90 Å². The molecule has 1 aromatic rings. The molecule has 5 nitrogen and oxygen atoms in total. The predicted octanol–water partition coefficient (Wildman–Crippen LogP) is 3.78. The molecule has 1 atom stereocenters. The fourth-order valence-electron chi connectivity index (χ4n) is 2.00. The summed E-state index contributed by atoms with van der Waals surface area (Å²) < 4.78 is 4.72. The smallest absolute Gasteiger partial charge is 0.321 e. The largest absolute Gasteiger partial charge is 0.469 e. The number of benzene rings is 1. The molecule has 0 aliphatic heterocycles. The average molecular weight is 327 g/mol. The number of nitrogens with zero attached hydrogens (tertiary/aromatic N) is 1. The number of halogens is 1. The summed E-state index contributed by atoms with van der Waals surface area (Å²) in [5.74, 6) is -0.691. The number of esters is 1. The number of methoxy groups -OCH3 is 1. The molecule has 0 aliphatic carbocycles. The van der Waals surface area contributed by atoms with Crippen molar-refractivity contribution in [2.75, 3.05) is 25.5 Å². The van der Waals surface area contributed by atoms with Crippen LogP contribution in [0.5, 0.6) is 0 Å². The van der Waals surface area contributed by atoms with Crippen LogP contribution in [-0.4, -0.2) is 37.1 Å². The molecule has 0 aliphatic rings. The Labute approximate surface area is 136 Å². The average Bonchev–Trinajstić information content (AvgIpc) is 2.50. The molecular formula is C16H23ClN2O3. The van der Waals surface area contributed by atoms with Gasteiger partial charge in [-0.1, -0.05) is 37.9 Å². The topological polar surface area (TPSA) is 58.6 Å². The fourth-order valence-corrected chi connectivity index (χ4v) is 2.19. The minimum Gasteiger partial charge on any atom is -0.469 e. The van der Waals surface area contributed by atoms with Crippen molar-refractivity contribution < 1.29 is 14.3 Å². The van der Waals surface area contributed by atoms with E-state index < -0.39 is 0 Å². The molecule has 2 amide bonds. The van der Waals surface area contributed by atoms with Crippen molar-refractivity contribution in [2.24, 2.45) is 5.92 Å². The summed E-state index contributed by atoms with van der Waals surface area (Å²) in [6.45, 7) is 4.71. The zero-order valence-corrected chi connectivity index (χ0v) is 14.0. The zero-order chi connectivity index (χ0) is 16.5. The summed E-state index contributed by atoms with van der Waals surface area (Å²) >= 11 is 5.91. The molecule has 0 bridgehead atoms. The van der Waals surface area contributed by atoms with Crippen LogP contribution in [0.1, 0.15) is 26.7 Å². The first-order chi connectivity index (χ1) is 10.5. The molecule has 1 N–H and O–H groups in total. The van der Waals surface area contributed by atoms with Gasteiger partial charge in [0.1, 0.15) is 0 Å². The van der Waals surface area contributed by atoms with Gasteiger partial charge in [0.2, 0.25) is 0 Å². The predicted molar refractivity (Wildman–Crippen MR) is 88.1 cm³/mol. The molecule has 22 heavy (non-hydrogen) atoms. The van der Waals surface area contributed by atoms with Gasteiger partial charge in [0.15, 0.2) is 0 Å². The van der Waals surface area contributed by atoms with Crippen LogP contribution in [0, 0.1) is 5.92 Å². The molecule has 0 saturated heterocycles. The Morgan fingerprint density at radius 2 is 2.14 bits per heavy atom. The summed E-state index contributed by atoms with van der Waals surface area (Å²) in [6.07, 6.45) is 1.84. The number of nitrogens with one attached hydrogen (secondary N) is 1. The maximum absolute atomic E-state index is 12.4. The Kier molecular flexibility index (Phi) is 7.74. The van der Waals surface area contributed by atoms with Gasteiger partial charge in [-0.2, -0.15) is 0 Å². The number of ether oxygens (including phenoxy) is 1. The third kappa shape index (κ3) is 5.93. The number of urea groups is 1. The molecule has 0 spiro atoms. The summed E-state index contributed by atoms with van der Waals surface area (Å²) in [7, 11) is 1.35. The van der Waals surface area contributed by atoms with E-state index in [0.717, 1.165) is 12.8 Å². The molecule has 6 heteroatoms. The molecule has 0 saturated carbocycles. The monoisotopic (exact) mass is 326 g/mol. The van der Waals surface area contributed by atoms with E-state index >= 15 is 0 Å². The fraction of sp³-hybridized carbons (Fsp3) is 0.500. The van der Waals surface area contributed by atoms with Gasteiger partial charge in [-0.05, 0) is 24.6 Å². The lowest BCUT2D eigenvalue weighted by atomic mass is 10.1. The number of carbonyl (C=O) groups excluding carboxylic acids is 2. The van der Waals surface area contributed by atoms with E-state index in [-0.39, 0.29) is 17.9 Å². The Morgan fingerprint density at radius 3 is 2.73 bits per heavy atom. The van der Waals surface area contributed by atoms with Gasteiger partial charge in [0.25, 0.3) is 0 Å². The first-order valence-corrected chi connectivity index (χ1v) is 7.75. The lowest BCUT2D eigenvalue weighted by Crippen LogP contribution is -2.40. The first-order valence-electron chi connectivity index (χ1n) is 7.37. The second-order valence-electron chi connectivity index (χ2n) is 5.16. The lowest BCUT2D eigenvalue weighted by molar-refractivity contribution is -0.145. The Balaban J connectivity index is 2.73. The van der Waals surface area contributed by atoms with E-state index in [2.05, 4.69) is 12.2 Å². The van der Waals surface area contributed by atoms with E-state index in [1.165, 1.54) is 7.11 Å². The van der Waals surface area contributed by atoms with Gasteiger partial charge >= 0.3 is 12.0 Å². The highest BCUT2D eigenvalue weighted by atomic mass is 35.5. The molecule has 1 aromatic carbocycles. The van der Waals surface area contributed by atoms with Crippen LogP contribution in [-0.2, 0) is 9.53 Å². The first kappa shape index (κ1) is 18.3. The lowest BCUT2D eigenvalue weighted by Gasteiger charge is -2.25. The molecule has 1 rings (SSSR count). The second kappa shape index (κ2) is 9.30. The maximum Gasteiger partial charge on any atom is 0.321 e. The Morgan fingerprint density at radius 1 is 1.41 bits per heavy atom. The molecule has 122 valence electrons. The molecule has 1 unspecified atom stereocenters. The maximum atomic E-state index is 12.4. The quantitative estimate of drug-likeness (QED) is 0.776. The highest BCUT2D eigenvalue weighted by Crippen LogP contribution is 2.16. The van der Waals surface area contributed by atoms with Gasteiger partial charge in [0, 0.05) is 23.8 Å². The van der Waals surface area contributed by atoms with Crippen LogP contribution < -0.4 is 5.32 Å². The molecule has 0 radical (unpaired) electrons. The molecule has 0 heterocycles. The van der Waals surface area contributed by atoms with Gasteiger partial charge in [-0.15, -0.1) is 0 Å². The number of rotatable bonds is 7. The number of carbonyl (C=O) groups is 2. The van der Waals surface area contributed by atoms with Crippen LogP contribution in [0.25, 0.3) is 0 Å². The van der Waals surface area contributed by atoms with Crippen LogP contribution >= 0.6 is 11.6 Å². The minimum atomic E-state index is -0.369. The van der Waals surface area contributed by atoms with Gasteiger partial charge < -0.3 is 15.0 Å². The van der Waals surface area contributed by atoms with Crippen LogP contribution in [0.3, 0.4) is 0 Å². The molecule has 0 fully saturated rings. The number of amides is 2. The summed E-state index contributed by atoms with van der Waals surface area (Å²) in [5, 5.41) is 3.36. The van der Waals surface area contributed by atoms with Crippen molar-refractivity contribution in [3.8, 4) is 0 Å². The number of hydrogen-bond acceptors (Lipinski definition) is 3. The summed E-state index contributed by atoms with van der Waals surface area (Å²) in [6, 6.07) is 6.72. The van der Waals surface area contributed by atoms with Crippen LogP contribution in [0.15, 0.2) is 24.3 Å². The minimum absolute atomic E-state index is 0.244. The molecule has 0 aromatic heterocycles. The van der Waals surface area contributed by atoms with Crippen molar-refractivity contribution in [3.05, 3.63) is 29.3 Å². The van der Waals surface area contributed by atoms with Crippen molar-refractivity contribution in [3.63, 3.8) is 0 Å². The number of anilines is 1. The highest BCUT2D eigenvalue weighted by molar-refractivity contribution is 6.30. The van der Waals surface area contributed by atoms with E-state index in [1.54, 1.807) is 36.1 Å². The van der Waals surface area contributed by atoms with E-state index in [0.29, 0.717) is 23.8 Å². The molecular weight excluding hydrogens is 304 g/mol. The Hall–Kier alpha value is -1.75. The van der Waals surface area contributed by atoms with Gasteiger partial charge in [-0.25, -0.2) is 4.79 Å². The second-order valence-corrected chi connectivity index (χ2v) is 5.60. The highest BCUT2D eigenvalue weighted by Gasteiger charge is 2.21. The van der Waals surface area contributed by atoms with Gasteiger partial charge in [0.05, 0.1) is 13.0 Å². The van der Waals surface area contributed by atoms with Crippen LogP contribution in [0.4, 0.5) is 10.5 Å². The summed E-state index contributed by atoms with van der Waals surface area (Å²) in [4.78, 5) is 25.6. The number of unbranched alkanes of at least 4 members (excludes halogenated alkanes) is 1. The van der Waals surface area contributed by atoms with Crippen LogP contribution in [0.2, 0.25) is 5.02 Å². The van der Waals surface area contributed by atoms with E-state index in [9.17, 15) is 9.59 Å². The Bertz CT molecular complexity index is 508. The van der Waals surface area contributed by atoms with Crippen molar-refractivity contribution in [1.29, 1.82) is 0 Å². The third-order valence-electron chi connectivity index (χ3n) is 3.24. The normalized spacial score (nSPS) is 11.6. The number of hydrogen-bond donors (Lipinski definition) is 1. The zero-order valence-electron chi connectivity index (χ0n) is 13.3. The third-order valence-corrected chi connectivity index (χ3v) is 3.48. The SMILES string of the molecule is CCCCN(CC(C)C(=O)OC)C(=O)Nc1cccc(Cl)c1. The van der Waals surface area contributed by atoms with Gasteiger partial charge in [-0.3, -0.25) is 4.79 Å². The van der Waals surface area contributed by atoms with Crippen molar-refractivity contribution in [2.45, 2.75) is 26.7 Å². The summed E-state index contributed by atoms with van der Waals surface area (Å²) in [5.41, 5.74) is 0.629. The van der Waals surface area contributed by atoms with Crippen molar-refractivity contribution >= 4 is 29.3 Å². The van der Waals surface area contributed by atoms with E-state index in [4.69, 9.17) is 16.3 Å². The standard InChI is InChI=1S/C16H23ClN2O3/c1-4-5-9-19(11-12(2)15(20)22-3)16(21)18-14-8-6-7-13(17)10-14/h6-8,10,12H,4-5,9,11H2,1-3H3,(H,18,21).